The van der Waals surface area contributed by atoms with Crippen molar-refractivity contribution in [3.63, 3.8) is 0 Å². The number of nitrogens with zero attached hydrogens (tertiary/aromatic N) is 1. The second-order valence-electron chi connectivity index (χ2n) is 5.61. The molecule has 0 spiro atoms. The van der Waals surface area contributed by atoms with Crippen LogP contribution in [-0.2, 0) is 6.42 Å². The van der Waals surface area contributed by atoms with Crippen molar-refractivity contribution in [1.82, 2.24) is 0 Å². The lowest BCUT2D eigenvalue weighted by Gasteiger charge is -2.23. The number of fused-ring (bicyclic) bond motifs is 1. The van der Waals surface area contributed by atoms with Crippen LogP contribution in [0, 0.1) is 0 Å². The van der Waals surface area contributed by atoms with E-state index >= 15 is 0 Å². The van der Waals surface area contributed by atoms with E-state index in [1.54, 1.807) is 0 Å². The van der Waals surface area contributed by atoms with E-state index in [0.717, 1.165) is 33.7 Å². The Morgan fingerprint density at radius 1 is 1.24 bits per heavy atom. The van der Waals surface area contributed by atoms with Crippen LogP contribution in [0.4, 0.5) is 11.4 Å². The van der Waals surface area contributed by atoms with E-state index in [4.69, 9.17) is 11.6 Å². The number of aryl methyl sites for hydroxylation is 1. The van der Waals surface area contributed by atoms with Crippen LogP contribution in [0.1, 0.15) is 23.6 Å². The summed E-state index contributed by atoms with van der Waals surface area (Å²) in [6.07, 6.45) is 2.23. The number of hydrogen-bond acceptors (Lipinski definition) is 2. The van der Waals surface area contributed by atoms with E-state index < -0.39 is 0 Å². The summed E-state index contributed by atoms with van der Waals surface area (Å²) in [6.45, 7) is 0. The number of hydrogen-bond donors (Lipinski definition) is 1. The topological polar surface area (TPSA) is 15.3 Å². The molecule has 110 valence electrons. The average Bonchev–Trinajstić information content (AvgIpc) is 2.80. The molecule has 0 bridgehead atoms. The van der Waals surface area contributed by atoms with Crippen LogP contribution in [0.5, 0.6) is 0 Å². The Hall–Kier alpha value is -1.19. The van der Waals surface area contributed by atoms with Crippen molar-refractivity contribution < 1.29 is 0 Å². The molecule has 1 aliphatic carbocycles. The van der Waals surface area contributed by atoms with Gasteiger partial charge in [-0.05, 0) is 48.2 Å². The molecule has 2 aromatic rings. The van der Waals surface area contributed by atoms with Gasteiger partial charge in [0, 0.05) is 18.6 Å². The summed E-state index contributed by atoms with van der Waals surface area (Å²) in [5.74, 6) is 0. The minimum absolute atomic E-state index is 0.352. The molecular weight excluding hydrogens is 348 g/mol. The smallest absolute Gasteiger partial charge is 0.0786 e. The molecule has 0 aromatic heterocycles. The van der Waals surface area contributed by atoms with Crippen molar-refractivity contribution >= 4 is 38.9 Å². The first kappa shape index (κ1) is 14.7. The lowest BCUT2D eigenvalue weighted by molar-refractivity contribution is 0.761. The summed E-state index contributed by atoms with van der Waals surface area (Å²) in [7, 11) is 4.04. The Labute approximate surface area is 139 Å². The summed E-state index contributed by atoms with van der Waals surface area (Å²) in [6, 6.07) is 12.9. The quantitative estimate of drug-likeness (QED) is 0.797. The van der Waals surface area contributed by atoms with Gasteiger partial charge in [0.2, 0.25) is 0 Å². The number of para-hydroxylation sites is 1. The highest BCUT2D eigenvalue weighted by molar-refractivity contribution is 9.10. The average molecular weight is 366 g/mol. The van der Waals surface area contributed by atoms with Crippen LogP contribution in [0.15, 0.2) is 40.9 Å². The fourth-order valence-electron chi connectivity index (χ4n) is 3.01. The second-order valence-corrected chi connectivity index (χ2v) is 6.93. The Balaban J connectivity index is 1.92. The van der Waals surface area contributed by atoms with Crippen LogP contribution in [-0.4, -0.2) is 14.1 Å². The summed E-state index contributed by atoms with van der Waals surface area (Å²) >= 11 is 9.89. The van der Waals surface area contributed by atoms with Crippen LogP contribution >= 0.6 is 27.5 Å². The van der Waals surface area contributed by atoms with E-state index in [1.165, 1.54) is 11.1 Å². The first-order chi connectivity index (χ1) is 10.1. The number of anilines is 2. The zero-order valence-corrected chi connectivity index (χ0v) is 14.5. The van der Waals surface area contributed by atoms with E-state index in [0.29, 0.717) is 6.04 Å². The maximum Gasteiger partial charge on any atom is 0.0786 e. The van der Waals surface area contributed by atoms with Gasteiger partial charge in [-0.2, -0.15) is 0 Å². The molecule has 21 heavy (non-hydrogen) atoms. The zero-order valence-electron chi connectivity index (χ0n) is 12.2. The highest BCUT2D eigenvalue weighted by Gasteiger charge is 2.23. The highest BCUT2D eigenvalue weighted by Crippen LogP contribution is 2.39. The van der Waals surface area contributed by atoms with Gasteiger partial charge in [-0.15, -0.1) is 0 Å². The van der Waals surface area contributed by atoms with Crippen molar-refractivity contribution in [2.45, 2.75) is 18.9 Å². The van der Waals surface area contributed by atoms with Gasteiger partial charge in [-0.25, -0.2) is 0 Å². The maximum absolute atomic E-state index is 6.34. The SMILES string of the molecule is CN(C)c1c(Cl)cccc1NC1CCc2cc(Br)ccc21. The molecule has 1 N–H and O–H groups in total. The van der Waals surface area contributed by atoms with Crippen LogP contribution in [0.25, 0.3) is 0 Å². The van der Waals surface area contributed by atoms with Crippen molar-refractivity contribution in [3.8, 4) is 0 Å². The summed E-state index contributed by atoms with van der Waals surface area (Å²) in [5.41, 5.74) is 4.95. The van der Waals surface area contributed by atoms with Gasteiger partial charge < -0.3 is 10.2 Å². The molecule has 0 radical (unpaired) electrons. The van der Waals surface area contributed by atoms with Crippen molar-refractivity contribution in [1.29, 1.82) is 0 Å². The normalized spacial score (nSPS) is 16.7. The first-order valence-electron chi connectivity index (χ1n) is 7.07. The molecule has 1 aliphatic rings. The van der Waals surface area contributed by atoms with Crippen LogP contribution in [0.3, 0.4) is 0 Å². The Morgan fingerprint density at radius 2 is 2.05 bits per heavy atom. The van der Waals surface area contributed by atoms with Crippen molar-refractivity contribution in [2.75, 3.05) is 24.3 Å². The predicted octanol–water partition coefficient (Wildman–Crippen LogP) is 5.27. The fourth-order valence-corrected chi connectivity index (χ4v) is 3.76. The molecule has 2 aromatic carbocycles. The fraction of sp³-hybridized carbons (Fsp3) is 0.294. The Bertz CT molecular complexity index is 670. The molecule has 0 heterocycles. The molecular formula is C17H18BrClN2. The molecule has 4 heteroatoms. The van der Waals surface area contributed by atoms with Crippen LogP contribution < -0.4 is 10.2 Å². The number of rotatable bonds is 3. The first-order valence-corrected chi connectivity index (χ1v) is 8.24. The number of nitrogens with one attached hydrogen (secondary N) is 1. The number of benzene rings is 2. The molecule has 0 amide bonds. The third-order valence-electron chi connectivity index (χ3n) is 3.95. The van der Waals surface area contributed by atoms with Crippen molar-refractivity contribution in [2.24, 2.45) is 0 Å². The van der Waals surface area contributed by atoms with E-state index in [9.17, 15) is 0 Å². The van der Waals surface area contributed by atoms with E-state index in [2.05, 4.69) is 50.4 Å². The summed E-state index contributed by atoms with van der Waals surface area (Å²) in [4.78, 5) is 2.06. The largest absolute Gasteiger partial charge is 0.376 e. The molecule has 0 fully saturated rings. The Kier molecular flexibility index (Phi) is 4.14. The Morgan fingerprint density at radius 3 is 2.81 bits per heavy atom. The van der Waals surface area contributed by atoms with Gasteiger partial charge >= 0.3 is 0 Å². The second kappa shape index (κ2) is 5.90. The van der Waals surface area contributed by atoms with Gasteiger partial charge in [0.1, 0.15) is 0 Å². The lowest BCUT2D eigenvalue weighted by Crippen LogP contribution is -2.14. The van der Waals surface area contributed by atoms with Gasteiger partial charge in [-0.3, -0.25) is 0 Å². The molecule has 2 nitrogen and oxygen atoms in total. The monoisotopic (exact) mass is 364 g/mol. The molecule has 1 atom stereocenters. The third kappa shape index (κ3) is 2.90. The summed E-state index contributed by atoms with van der Waals surface area (Å²) < 4.78 is 1.15. The lowest BCUT2D eigenvalue weighted by atomic mass is 10.1. The van der Waals surface area contributed by atoms with Crippen LogP contribution in [0.2, 0.25) is 5.02 Å². The minimum Gasteiger partial charge on any atom is -0.376 e. The van der Waals surface area contributed by atoms with E-state index in [1.807, 2.05) is 26.2 Å². The van der Waals surface area contributed by atoms with Gasteiger partial charge in [0.25, 0.3) is 0 Å². The van der Waals surface area contributed by atoms with E-state index in [-0.39, 0.29) is 0 Å². The predicted molar refractivity (Wildman–Crippen MR) is 94.6 cm³/mol. The standard InChI is InChI=1S/C17H18BrClN2/c1-21(2)17-14(19)4-3-5-16(17)20-15-9-6-11-10-12(18)7-8-13(11)15/h3-5,7-8,10,15,20H,6,9H2,1-2H3. The minimum atomic E-state index is 0.352. The van der Waals surface area contributed by atoms with Gasteiger partial charge in [0.05, 0.1) is 22.4 Å². The third-order valence-corrected chi connectivity index (χ3v) is 4.74. The molecule has 1 unspecified atom stereocenters. The highest BCUT2D eigenvalue weighted by atomic mass is 79.9. The summed E-state index contributed by atoms with van der Waals surface area (Å²) in [5, 5.41) is 4.44. The molecule has 0 saturated heterocycles. The van der Waals surface area contributed by atoms with Gasteiger partial charge in [-0.1, -0.05) is 39.7 Å². The maximum atomic E-state index is 6.34. The number of halogens is 2. The molecule has 0 aliphatic heterocycles. The van der Waals surface area contributed by atoms with Crippen molar-refractivity contribution in [3.05, 3.63) is 57.0 Å². The molecule has 3 rings (SSSR count). The molecule has 0 saturated carbocycles. The van der Waals surface area contributed by atoms with Gasteiger partial charge in [0.15, 0.2) is 0 Å². The zero-order chi connectivity index (χ0) is 15.0.